The summed E-state index contributed by atoms with van der Waals surface area (Å²) in [5, 5.41) is 2.27. The Labute approximate surface area is 90.7 Å². The molecule has 1 heterocycles. The molecule has 1 N–H and O–H groups in total. The van der Waals surface area contributed by atoms with Crippen LogP contribution in [0.25, 0.3) is 0 Å². The molecular weight excluding hydrogens is 224 g/mol. The fraction of sp³-hybridized carbons (Fsp3) is 0.500. The SMILES string of the molecule is Cc1cccnc1CNCC(F)(F)C(F)F. The van der Waals surface area contributed by atoms with Crippen LogP contribution in [0.4, 0.5) is 17.6 Å². The molecule has 0 aliphatic heterocycles. The number of rotatable bonds is 5. The van der Waals surface area contributed by atoms with E-state index in [2.05, 4.69) is 10.3 Å². The van der Waals surface area contributed by atoms with E-state index in [0.29, 0.717) is 5.69 Å². The average molecular weight is 236 g/mol. The van der Waals surface area contributed by atoms with Gasteiger partial charge in [-0.3, -0.25) is 4.98 Å². The highest BCUT2D eigenvalue weighted by molar-refractivity contribution is 5.17. The van der Waals surface area contributed by atoms with E-state index in [4.69, 9.17) is 0 Å². The topological polar surface area (TPSA) is 24.9 Å². The molecule has 0 atom stereocenters. The zero-order valence-electron chi connectivity index (χ0n) is 8.68. The quantitative estimate of drug-likeness (QED) is 0.794. The summed E-state index contributed by atoms with van der Waals surface area (Å²) in [4.78, 5) is 3.95. The lowest BCUT2D eigenvalue weighted by Crippen LogP contribution is -2.38. The van der Waals surface area contributed by atoms with Gasteiger partial charge in [-0.1, -0.05) is 6.07 Å². The third kappa shape index (κ3) is 3.44. The molecule has 2 nitrogen and oxygen atoms in total. The first-order chi connectivity index (χ1) is 7.43. The molecule has 0 spiro atoms. The minimum atomic E-state index is -4.00. The molecule has 0 amide bonds. The van der Waals surface area contributed by atoms with Crippen molar-refractivity contribution in [3.8, 4) is 0 Å². The molecule has 1 rings (SSSR count). The van der Waals surface area contributed by atoms with Gasteiger partial charge in [-0.15, -0.1) is 0 Å². The molecule has 0 saturated carbocycles. The maximum atomic E-state index is 12.5. The monoisotopic (exact) mass is 236 g/mol. The Hall–Kier alpha value is -1.17. The van der Waals surface area contributed by atoms with Gasteiger partial charge in [0.25, 0.3) is 0 Å². The van der Waals surface area contributed by atoms with Crippen molar-refractivity contribution in [2.45, 2.75) is 25.8 Å². The number of hydrogen-bond acceptors (Lipinski definition) is 2. The van der Waals surface area contributed by atoms with Gasteiger partial charge in [0.05, 0.1) is 12.2 Å². The van der Waals surface area contributed by atoms with Crippen molar-refractivity contribution in [1.82, 2.24) is 10.3 Å². The fourth-order valence-electron chi connectivity index (χ4n) is 1.13. The van der Waals surface area contributed by atoms with E-state index in [9.17, 15) is 17.6 Å². The number of alkyl halides is 4. The van der Waals surface area contributed by atoms with Crippen LogP contribution < -0.4 is 5.32 Å². The first-order valence-corrected chi connectivity index (χ1v) is 4.70. The summed E-state index contributed by atoms with van der Waals surface area (Å²) in [6.07, 6.45) is -2.13. The molecule has 0 saturated heterocycles. The Kier molecular flexibility index (Phi) is 4.23. The van der Waals surface area contributed by atoms with E-state index in [0.717, 1.165) is 5.56 Å². The molecule has 0 aliphatic rings. The summed E-state index contributed by atoms with van der Waals surface area (Å²) in [6.45, 7) is 0.769. The van der Waals surface area contributed by atoms with Crippen LogP contribution in [0.5, 0.6) is 0 Å². The van der Waals surface area contributed by atoms with Crippen LogP contribution in [0.15, 0.2) is 18.3 Å². The van der Waals surface area contributed by atoms with Crippen molar-refractivity contribution in [3.05, 3.63) is 29.6 Å². The molecule has 0 aliphatic carbocycles. The van der Waals surface area contributed by atoms with Gasteiger partial charge in [0.2, 0.25) is 0 Å². The van der Waals surface area contributed by atoms with Gasteiger partial charge in [-0.2, -0.15) is 8.78 Å². The normalized spacial score (nSPS) is 12.1. The van der Waals surface area contributed by atoms with Gasteiger partial charge in [-0.25, -0.2) is 8.78 Å². The smallest absolute Gasteiger partial charge is 0.305 e. The highest BCUT2D eigenvalue weighted by atomic mass is 19.3. The standard InChI is InChI=1S/C10H12F4N2/c1-7-3-2-4-16-8(7)5-15-6-10(13,14)9(11)12/h2-4,9,15H,5-6H2,1H3. The maximum Gasteiger partial charge on any atom is 0.319 e. The van der Waals surface area contributed by atoms with Gasteiger partial charge in [-0.05, 0) is 18.6 Å². The van der Waals surface area contributed by atoms with Crippen molar-refractivity contribution in [2.24, 2.45) is 0 Å². The van der Waals surface area contributed by atoms with Crippen LogP contribution in [0.1, 0.15) is 11.3 Å². The molecular formula is C10H12F4N2. The summed E-state index contributed by atoms with van der Waals surface area (Å²) in [5.41, 5.74) is 1.41. The predicted molar refractivity (Wildman–Crippen MR) is 51.6 cm³/mol. The lowest BCUT2D eigenvalue weighted by atomic mass is 10.2. The lowest BCUT2D eigenvalue weighted by Gasteiger charge is -2.15. The van der Waals surface area contributed by atoms with Crippen LogP contribution >= 0.6 is 0 Å². The number of aromatic nitrogens is 1. The number of nitrogens with one attached hydrogen (secondary N) is 1. The van der Waals surface area contributed by atoms with Crippen LogP contribution in [0, 0.1) is 6.92 Å². The lowest BCUT2D eigenvalue weighted by molar-refractivity contribution is -0.125. The van der Waals surface area contributed by atoms with Crippen LogP contribution in [0.3, 0.4) is 0 Å². The number of halogens is 4. The molecule has 16 heavy (non-hydrogen) atoms. The summed E-state index contributed by atoms with van der Waals surface area (Å²) >= 11 is 0. The highest BCUT2D eigenvalue weighted by Crippen LogP contribution is 2.21. The van der Waals surface area contributed by atoms with E-state index in [1.165, 1.54) is 6.20 Å². The van der Waals surface area contributed by atoms with E-state index in [1.54, 1.807) is 19.1 Å². The first kappa shape index (κ1) is 12.9. The minimum absolute atomic E-state index is 0.0506. The molecule has 0 bridgehead atoms. The fourth-order valence-corrected chi connectivity index (χ4v) is 1.13. The Morgan fingerprint density at radius 1 is 1.44 bits per heavy atom. The molecule has 0 unspecified atom stereocenters. The zero-order chi connectivity index (χ0) is 12.2. The van der Waals surface area contributed by atoms with E-state index in [1.807, 2.05) is 0 Å². The number of pyridine rings is 1. The van der Waals surface area contributed by atoms with E-state index in [-0.39, 0.29) is 6.54 Å². The van der Waals surface area contributed by atoms with Crippen molar-refractivity contribution in [2.75, 3.05) is 6.54 Å². The molecule has 1 aromatic heterocycles. The minimum Gasteiger partial charge on any atom is -0.305 e. The van der Waals surface area contributed by atoms with Crippen LogP contribution in [0.2, 0.25) is 0 Å². The maximum absolute atomic E-state index is 12.5. The molecule has 0 fully saturated rings. The van der Waals surface area contributed by atoms with E-state index >= 15 is 0 Å². The summed E-state index contributed by atoms with van der Waals surface area (Å²) < 4.78 is 48.7. The average Bonchev–Trinajstić information content (AvgIpc) is 2.20. The summed E-state index contributed by atoms with van der Waals surface area (Å²) in [6, 6.07) is 3.49. The third-order valence-corrected chi connectivity index (χ3v) is 2.09. The van der Waals surface area contributed by atoms with Crippen LogP contribution in [-0.4, -0.2) is 23.9 Å². The van der Waals surface area contributed by atoms with Crippen molar-refractivity contribution >= 4 is 0 Å². The molecule has 0 aromatic carbocycles. The van der Waals surface area contributed by atoms with Gasteiger partial charge in [0.1, 0.15) is 0 Å². The van der Waals surface area contributed by atoms with Gasteiger partial charge in [0, 0.05) is 12.7 Å². The second-order valence-corrected chi connectivity index (χ2v) is 3.43. The highest BCUT2D eigenvalue weighted by Gasteiger charge is 2.39. The third-order valence-electron chi connectivity index (χ3n) is 2.09. The number of aryl methyl sites for hydroxylation is 1. The number of nitrogens with zero attached hydrogens (tertiary/aromatic N) is 1. The summed E-state index contributed by atoms with van der Waals surface area (Å²) in [7, 11) is 0. The second-order valence-electron chi connectivity index (χ2n) is 3.43. The molecule has 0 radical (unpaired) electrons. The van der Waals surface area contributed by atoms with Crippen molar-refractivity contribution in [3.63, 3.8) is 0 Å². The summed E-state index contributed by atoms with van der Waals surface area (Å²) in [5.74, 6) is -4.00. The Balaban J connectivity index is 2.45. The van der Waals surface area contributed by atoms with E-state index < -0.39 is 18.9 Å². The largest absolute Gasteiger partial charge is 0.319 e. The van der Waals surface area contributed by atoms with Gasteiger partial charge >= 0.3 is 12.3 Å². The first-order valence-electron chi connectivity index (χ1n) is 4.70. The van der Waals surface area contributed by atoms with Gasteiger partial charge in [0.15, 0.2) is 0 Å². The predicted octanol–water partition coefficient (Wildman–Crippen LogP) is 2.38. The number of hydrogen-bond donors (Lipinski definition) is 1. The van der Waals surface area contributed by atoms with Crippen LogP contribution in [-0.2, 0) is 6.54 Å². The Bertz CT molecular complexity index is 341. The second kappa shape index (κ2) is 5.25. The zero-order valence-corrected chi connectivity index (χ0v) is 8.68. The Morgan fingerprint density at radius 3 is 2.69 bits per heavy atom. The Morgan fingerprint density at radius 2 is 2.12 bits per heavy atom. The molecule has 6 heteroatoms. The molecule has 1 aromatic rings. The van der Waals surface area contributed by atoms with Gasteiger partial charge < -0.3 is 5.32 Å². The van der Waals surface area contributed by atoms with Crippen molar-refractivity contribution in [1.29, 1.82) is 0 Å². The van der Waals surface area contributed by atoms with Crippen molar-refractivity contribution < 1.29 is 17.6 Å². The molecule has 90 valence electrons.